The Bertz CT molecular complexity index is 865. The van der Waals surface area contributed by atoms with Crippen molar-refractivity contribution in [3.8, 4) is 0 Å². The fraction of sp³-hybridized carbons (Fsp3) is 0.391. The van der Waals surface area contributed by atoms with Crippen molar-refractivity contribution in [3.05, 3.63) is 60.2 Å². The molecule has 2 aromatic carbocycles. The molecule has 2 atom stereocenters. The Morgan fingerprint density at radius 1 is 1.07 bits per heavy atom. The lowest BCUT2D eigenvalue weighted by Gasteiger charge is -2.24. The summed E-state index contributed by atoms with van der Waals surface area (Å²) in [4.78, 5) is 23.2. The van der Waals surface area contributed by atoms with Crippen LogP contribution in [0, 0.1) is 0 Å². The second-order valence-electron chi connectivity index (χ2n) is 7.76. The van der Waals surface area contributed by atoms with Gasteiger partial charge in [0.2, 0.25) is 0 Å². The van der Waals surface area contributed by atoms with Crippen LogP contribution in [0.1, 0.15) is 32.8 Å². The van der Waals surface area contributed by atoms with Crippen LogP contribution in [0.2, 0.25) is 0 Å². The molecule has 0 bridgehead atoms. The highest BCUT2D eigenvalue weighted by atomic mass is 16.6. The maximum absolute atomic E-state index is 11.9. The van der Waals surface area contributed by atoms with Gasteiger partial charge in [-0.15, -0.1) is 0 Å². The molecule has 0 spiro atoms. The number of benzene rings is 2. The lowest BCUT2D eigenvalue weighted by Crippen LogP contribution is -2.44. The van der Waals surface area contributed by atoms with Gasteiger partial charge in [0.05, 0.1) is 6.61 Å². The van der Waals surface area contributed by atoms with Gasteiger partial charge in [0, 0.05) is 0 Å². The SMILES string of the molecule is CC(C)(C)OC(=O)[C@H](O)[C@@H](OCC=CCCc1ccc2ccccc2c1)C(=O)O. The number of fused-ring (bicyclic) bond motifs is 1. The molecule has 6 heteroatoms. The van der Waals surface area contributed by atoms with E-state index in [2.05, 4.69) is 30.3 Å². The van der Waals surface area contributed by atoms with Crippen LogP contribution in [-0.4, -0.2) is 46.6 Å². The van der Waals surface area contributed by atoms with Crippen molar-refractivity contribution >= 4 is 22.7 Å². The molecule has 156 valence electrons. The van der Waals surface area contributed by atoms with E-state index in [0.717, 1.165) is 12.8 Å². The summed E-state index contributed by atoms with van der Waals surface area (Å²) in [5, 5.41) is 21.5. The molecule has 0 amide bonds. The third-order valence-corrected chi connectivity index (χ3v) is 4.13. The summed E-state index contributed by atoms with van der Waals surface area (Å²) in [5.41, 5.74) is 0.377. The first-order chi connectivity index (χ1) is 13.7. The molecule has 2 rings (SSSR count). The van der Waals surface area contributed by atoms with E-state index in [1.807, 2.05) is 18.2 Å². The van der Waals surface area contributed by atoms with E-state index in [1.165, 1.54) is 16.3 Å². The van der Waals surface area contributed by atoms with Crippen molar-refractivity contribution < 1.29 is 29.3 Å². The number of hydrogen-bond acceptors (Lipinski definition) is 5. The Kier molecular flexibility index (Phi) is 7.93. The summed E-state index contributed by atoms with van der Waals surface area (Å²) in [6, 6.07) is 14.5. The van der Waals surface area contributed by atoms with Crippen LogP contribution in [0.3, 0.4) is 0 Å². The zero-order valence-electron chi connectivity index (χ0n) is 17.0. The number of hydrogen-bond donors (Lipinski definition) is 2. The first-order valence-corrected chi connectivity index (χ1v) is 9.55. The Balaban J connectivity index is 1.81. The monoisotopic (exact) mass is 400 g/mol. The number of allylic oxidation sites excluding steroid dienone is 1. The number of aliphatic hydroxyl groups is 1. The number of carbonyl (C=O) groups excluding carboxylic acids is 1. The van der Waals surface area contributed by atoms with Gasteiger partial charge < -0.3 is 19.7 Å². The number of aryl methyl sites for hydroxylation is 1. The smallest absolute Gasteiger partial charge is 0.338 e. The van der Waals surface area contributed by atoms with Crippen LogP contribution >= 0.6 is 0 Å². The average Bonchev–Trinajstić information content (AvgIpc) is 2.65. The van der Waals surface area contributed by atoms with Gasteiger partial charge in [-0.1, -0.05) is 54.6 Å². The molecule has 0 fully saturated rings. The Morgan fingerprint density at radius 2 is 1.76 bits per heavy atom. The molecule has 0 aliphatic carbocycles. The quantitative estimate of drug-likeness (QED) is 0.494. The van der Waals surface area contributed by atoms with Crippen molar-refractivity contribution in [1.82, 2.24) is 0 Å². The number of aliphatic hydroxyl groups excluding tert-OH is 1. The molecule has 0 saturated heterocycles. The number of carboxylic acids is 1. The molecule has 0 radical (unpaired) electrons. The Labute approximate surface area is 170 Å². The standard InChI is InChI=1S/C23H28O6/c1-23(2,3)29-22(27)19(24)20(21(25)26)28-14-8-4-5-9-16-12-13-17-10-6-7-11-18(17)15-16/h4,6-8,10-13,15,19-20,24H,5,9,14H2,1-3H3,(H,25,26)/t19-,20-/m1/s1. The molecule has 2 N–H and O–H groups in total. The zero-order valence-corrected chi connectivity index (χ0v) is 17.0. The lowest BCUT2D eigenvalue weighted by molar-refractivity contribution is -0.181. The highest BCUT2D eigenvalue weighted by molar-refractivity contribution is 5.84. The minimum atomic E-state index is -1.89. The summed E-state index contributed by atoms with van der Waals surface area (Å²) < 4.78 is 10.2. The predicted octanol–water partition coefficient (Wildman–Crippen LogP) is 3.50. The summed E-state index contributed by atoms with van der Waals surface area (Å²) in [6.07, 6.45) is 1.58. The van der Waals surface area contributed by atoms with Crippen LogP contribution in [0.25, 0.3) is 10.8 Å². The molecular weight excluding hydrogens is 372 g/mol. The van der Waals surface area contributed by atoms with Gasteiger partial charge in [-0.05, 0) is 49.9 Å². The van der Waals surface area contributed by atoms with Gasteiger partial charge in [0.25, 0.3) is 0 Å². The summed E-state index contributed by atoms with van der Waals surface area (Å²) in [6.45, 7) is 4.86. The molecule has 6 nitrogen and oxygen atoms in total. The number of carbonyl (C=O) groups is 2. The first kappa shape index (κ1) is 22.6. The summed E-state index contributed by atoms with van der Waals surface area (Å²) in [5.74, 6) is -2.45. The number of rotatable bonds is 9. The fourth-order valence-electron chi connectivity index (χ4n) is 2.77. The fourth-order valence-corrected chi connectivity index (χ4v) is 2.77. The van der Waals surface area contributed by atoms with E-state index in [9.17, 15) is 19.8 Å². The van der Waals surface area contributed by atoms with E-state index < -0.39 is 29.7 Å². The van der Waals surface area contributed by atoms with Crippen molar-refractivity contribution in [2.75, 3.05) is 6.61 Å². The minimum Gasteiger partial charge on any atom is -0.479 e. The first-order valence-electron chi connectivity index (χ1n) is 9.55. The van der Waals surface area contributed by atoms with Crippen molar-refractivity contribution in [3.63, 3.8) is 0 Å². The lowest BCUT2D eigenvalue weighted by atomic mass is 10.0. The van der Waals surface area contributed by atoms with Crippen molar-refractivity contribution in [2.45, 2.75) is 51.4 Å². The third kappa shape index (κ3) is 7.33. The second kappa shape index (κ2) is 10.2. The van der Waals surface area contributed by atoms with Crippen LogP contribution in [0.4, 0.5) is 0 Å². The normalized spacial score (nSPS) is 14.1. The highest BCUT2D eigenvalue weighted by Gasteiger charge is 2.35. The molecule has 0 aliphatic rings. The van der Waals surface area contributed by atoms with Gasteiger partial charge in [-0.25, -0.2) is 9.59 Å². The molecule has 29 heavy (non-hydrogen) atoms. The molecule has 0 aromatic heterocycles. The average molecular weight is 400 g/mol. The third-order valence-electron chi connectivity index (χ3n) is 4.13. The van der Waals surface area contributed by atoms with E-state index in [0.29, 0.717) is 0 Å². The maximum atomic E-state index is 11.9. The van der Waals surface area contributed by atoms with Gasteiger partial charge in [-0.2, -0.15) is 0 Å². The summed E-state index contributed by atoms with van der Waals surface area (Å²) in [7, 11) is 0. The Hall–Kier alpha value is -2.70. The van der Waals surface area contributed by atoms with Crippen LogP contribution in [0.15, 0.2) is 54.6 Å². The highest BCUT2D eigenvalue weighted by Crippen LogP contribution is 2.17. The number of carboxylic acid groups (broad SMARTS) is 1. The summed E-state index contributed by atoms with van der Waals surface area (Å²) >= 11 is 0. The number of esters is 1. The second-order valence-corrected chi connectivity index (χ2v) is 7.76. The van der Waals surface area contributed by atoms with Gasteiger partial charge >= 0.3 is 11.9 Å². The number of aliphatic carboxylic acids is 1. The van der Waals surface area contributed by atoms with Crippen molar-refractivity contribution in [1.29, 1.82) is 0 Å². The predicted molar refractivity (Wildman–Crippen MR) is 111 cm³/mol. The Morgan fingerprint density at radius 3 is 2.41 bits per heavy atom. The van der Waals surface area contributed by atoms with Gasteiger partial charge in [0.1, 0.15) is 5.60 Å². The molecule has 2 aromatic rings. The topological polar surface area (TPSA) is 93.1 Å². The maximum Gasteiger partial charge on any atom is 0.338 e. The van der Waals surface area contributed by atoms with Crippen LogP contribution in [0.5, 0.6) is 0 Å². The molecule has 0 heterocycles. The number of ether oxygens (including phenoxy) is 2. The van der Waals surface area contributed by atoms with E-state index in [-0.39, 0.29) is 6.61 Å². The van der Waals surface area contributed by atoms with Crippen molar-refractivity contribution in [2.24, 2.45) is 0 Å². The largest absolute Gasteiger partial charge is 0.479 e. The minimum absolute atomic E-state index is 0.0332. The zero-order chi connectivity index (χ0) is 21.4. The van der Waals surface area contributed by atoms with Gasteiger partial charge in [0.15, 0.2) is 12.2 Å². The van der Waals surface area contributed by atoms with Crippen LogP contribution in [-0.2, 0) is 25.5 Å². The molecular formula is C23H28O6. The van der Waals surface area contributed by atoms with Crippen LogP contribution < -0.4 is 0 Å². The molecule has 0 aliphatic heterocycles. The van der Waals surface area contributed by atoms with E-state index in [4.69, 9.17) is 9.47 Å². The van der Waals surface area contributed by atoms with E-state index >= 15 is 0 Å². The molecule has 0 unspecified atom stereocenters. The molecule has 0 saturated carbocycles. The van der Waals surface area contributed by atoms with Gasteiger partial charge in [-0.3, -0.25) is 0 Å². The van der Waals surface area contributed by atoms with E-state index in [1.54, 1.807) is 26.8 Å².